The van der Waals surface area contributed by atoms with Gasteiger partial charge in [0.2, 0.25) is 6.71 Å². The molecule has 2 aliphatic heterocycles. The minimum atomic E-state index is 0.0751. The maximum absolute atomic E-state index is 5.83. The molecule has 1 atom stereocenters. The van der Waals surface area contributed by atoms with E-state index in [-0.39, 0.29) is 17.5 Å². The van der Waals surface area contributed by atoms with Crippen molar-refractivity contribution in [3.05, 3.63) is 90.3 Å². The molecule has 5 aromatic rings. The number of benzene rings is 4. The van der Waals surface area contributed by atoms with Gasteiger partial charge in [-0.3, -0.25) is 4.57 Å². The Morgan fingerprint density at radius 1 is 0.938 bits per heavy atom. The van der Waals surface area contributed by atoms with E-state index in [0.717, 1.165) is 30.6 Å². The van der Waals surface area contributed by atoms with Gasteiger partial charge in [-0.15, -0.1) is 6.58 Å². The highest BCUT2D eigenvalue weighted by atomic mass is 15.1. The van der Waals surface area contributed by atoms with Crippen LogP contribution in [0.4, 0.5) is 0 Å². The number of hydrogen-bond acceptors (Lipinski definition) is 1. The summed E-state index contributed by atoms with van der Waals surface area (Å²) in [6, 6.07) is 24.3. The fourth-order valence-electron chi connectivity index (χ4n) is 12.1. The Balaban J connectivity index is 1.25. The quantitative estimate of drug-likeness (QED) is 0.127. The third-order valence-electron chi connectivity index (χ3n) is 13.7. The maximum Gasteiger partial charge on any atom is 0.248 e. The first kappa shape index (κ1) is 29.3. The lowest BCUT2D eigenvalue weighted by atomic mass is 9.32. The van der Waals surface area contributed by atoms with Crippen LogP contribution in [-0.4, -0.2) is 16.3 Å². The highest BCUT2D eigenvalue weighted by Crippen LogP contribution is 2.61. The molecule has 1 unspecified atom stereocenters. The summed E-state index contributed by atoms with van der Waals surface area (Å²) in [5.41, 5.74) is 14.5. The van der Waals surface area contributed by atoms with Gasteiger partial charge in [0.15, 0.2) is 0 Å². The number of fused-ring (bicyclic) bond motifs is 4. The Morgan fingerprint density at radius 3 is 2.40 bits per heavy atom. The number of aromatic nitrogens is 2. The van der Waals surface area contributed by atoms with Crippen molar-refractivity contribution in [3.63, 3.8) is 0 Å². The number of hydrogen-bond donors (Lipinski definition) is 0. The summed E-state index contributed by atoms with van der Waals surface area (Å²) in [7, 11) is 0. The molecule has 4 fully saturated rings. The second-order valence-electron chi connectivity index (χ2n) is 17.7. The van der Waals surface area contributed by atoms with Gasteiger partial charge in [0.05, 0.1) is 11.0 Å². The fourth-order valence-corrected chi connectivity index (χ4v) is 12.1. The van der Waals surface area contributed by atoms with E-state index in [0.29, 0.717) is 5.92 Å². The standard InChI is InChI=1S/C45H49BN2/c1-6-10-27(7-2)15-16-28-22-37-42-38(23-28)47-43(45-24-29-19-30(25-45)21-31(20-29)26-45)48(42)39-14-9-11-33-32-17-18-35(44(3,4)5)34-12-8-13-36(40(32)34)46(37)41(33)39/h6,8-9,11-14,17-18,22-23,27,29-31H,1,7,10,15-16,19-21,24-26H2,2-5H3. The zero-order valence-electron chi connectivity index (χ0n) is 29.4. The predicted octanol–water partition coefficient (Wildman–Crippen LogP) is 9.29. The molecule has 4 saturated carbocycles. The Kier molecular flexibility index (Phi) is 6.25. The minimum Gasteiger partial charge on any atom is -0.297 e. The lowest BCUT2D eigenvalue weighted by Crippen LogP contribution is -2.59. The molecule has 242 valence electrons. The van der Waals surface area contributed by atoms with Crippen LogP contribution in [0, 0.1) is 23.7 Å². The topological polar surface area (TPSA) is 17.8 Å². The van der Waals surface area contributed by atoms with Crippen LogP contribution in [0.1, 0.15) is 102 Å². The third-order valence-corrected chi connectivity index (χ3v) is 13.7. The molecule has 48 heavy (non-hydrogen) atoms. The third kappa shape index (κ3) is 4.03. The van der Waals surface area contributed by atoms with Gasteiger partial charge in [-0.1, -0.05) is 94.2 Å². The van der Waals surface area contributed by atoms with Gasteiger partial charge in [-0.05, 0) is 143 Å². The number of imidazole rings is 1. The van der Waals surface area contributed by atoms with Gasteiger partial charge < -0.3 is 0 Å². The summed E-state index contributed by atoms with van der Waals surface area (Å²) < 4.78 is 2.72. The van der Waals surface area contributed by atoms with Gasteiger partial charge in [0.25, 0.3) is 0 Å². The lowest BCUT2D eigenvalue weighted by molar-refractivity contribution is -0.00981. The molecule has 3 heterocycles. The van der Waals surface area contributed by atoms with Gasteiger partial charge in [-0.2, -0.15) is 0 Å². The lowest BCUT2D eigenvalue weighted by Gasteiger charge is -2.56. The van der Waals surface area contributed by atoms with Gasteiger partial charge in [0.1, 0.15) is 5.82 Å². The first-order valence-corrected chi connectivity index (χ1v) is 19.1. The van der Waals surface area contributed by atoms with Crippen molar-refractivity contribution in [2.45, 2.75) is 103 Å². The van der Waals surface area contributed by atoms with E-state index in [1.54, 1.807) is 0 Å². The van der Waals surface area contributed by atoms with Crippen molar-refractivity contribution in [2.75, 3.05) is 0 Å². The number of aryl methyl sites for hydroxylation is 1. The molecular weight excluding hydrogens is 579 g/mol. The Bertz CT molecular complexity index is 2120. The second kappa shape index (κ2) is 10.2. The molecule has 4 aliphatic carbocycles. The van der Waals surface area contributed by atoms with E-state index in [2.05, 4.69) is 106 Å². The molecule has 1 aromatic heterocycles. The van der Waals surface area contributed by atoms with E-state index >= 15 is 0 Å². The summed E-state index contributed by atoms with van der Waals surface area (Å²) in [6.45, 7) is 13.7. The van der Waals surface area contributed by atoms with Crippen molar-refractivity contribution in [1.82, 2.24) is 9.55 Å². The monoisotopic (exact) mass is 628 g/mol. The average Bonchev–Trinajstić information content (AvgIpc) is 3.46. The molecule has 0 N–H and O–H groups in total. The van der Waals surface area contributed by atoms with E-state index in [9.17, 15) is 0 Å². The molecule has 4 bridgehead atoms. The Morgan fingerprint density at radius 2 is 1.69 bits per heavy atom. The largest absolute Gasteiger partial charge is 0.297 e. The maximum atomic E-state index is 5.83. The minimum absolute atomic E-state index is 0.0751. The van der Waals surface area contributed by atoms with Gasteiger partial charge in [-0.25, -0.2) is 4.98 Å². The molecule has 3 heteroatoms. The van der Waals surface area contributed by atoms with Crippen molar-refractivity contribution in [2.24, 2.45) is 23.7 Å². The Labute approximate surface area is 287 Å². The number of nitrogens with zero attached hydrogens (tertiary/aromatic N) is 2. The molecule has 2 nitrogen and oxygen atoms in total. The van der Waals surface area contributed by atoms with Crippen molar-refractivity contribution in [1.29, 1.82) is 0 Å². The molecule has 4 aromatic carbocycles. The van der Waals surface area contributed by atoms with Crippen LogP contribution in [0.2, 0.25) is 0 Å². The Hall–Kier alpha value is -3.59. The van der Waals surface area contributed by atoms with Gasteiger partial charge >= 0.3 is 0 Å². The van der Waals surface area contributed by atoms with Crippen molar-refractivity contribution in [3.8, 4) is 16.8 Å². The van der Waals surface area contributed by atoms with Gasteiger partial charge in [0, 0.05) is 11.1 Å². The van der Waals surface area contributed by atoms with E-state index in [4.69, 9.17) is 4.98 Å². The normalized spacial score (nSPS) is 25.2. The smallest absolute Gasteiger partial charge is 0.248 e. The summed E-state index contributed by atoms with van der Waals surface area (Å²) in [5.74, 6) is 4.74. The van der Waals surface area contributed by atoms with E-state index < -0.39 is 0 Å². The molecular formula is C45H49BN2. The molecule has 6 aliphatic rings. The van der Waals surface area contributed by atoms with Crippen molar-refractivity contribution >= 4 is 44.9 Å². The molecule has 0 saturated heterocycles. The zero-order valence-corrected chi connectivity index (χ0v) is 29.4. The van der Waals surface area contributed by atoms with Crippen LogP contribution in [0.15, 0.2) is 73.3 Å². The molecule has 0 radical (unpaired) electrons. The number of allylic oxidation sites excluding steroid dienone is 1. The zero-order chi connectivity index (χ0) is 32.5. The first-order chi connectivity index (χ1) is 23.3. The molecule has 0 spiro atoms. The van der Waals surface area contributed by atoms with E-state index in [1.165, 1.54) is 123 Å². The van der Waals surface area contributed by atoms with E-state index in [1.807, 2.05) is 0 Å². The average molecular weight is 629 g/mol. The summed E-state index contributed by atoms with van der Waals surface area (Å²) in [5, 5.41) is 2.88. The highest BCUT2D eigenvalue weighted by Gasteiger charge is 2.54. The summed E-state index contributed by atoms with van der Waals surface area (Å²) >= 11 is 0. The number of rotatable bonds is 7. The van der Waals surface area contributed by atoms with Crippen LogP contribution in [-0.2, 0) is 17.3 Å². The van der Waals surface area contributed by atoms with Crippen molar-refractivity contribution < 1.29 is 0 Å². The van der Waals surface area contributed by atoms with Crippen LogP contribution in [0.25, 0.3) is 38.6 Å². The fraction of sp³-hybridized carbons (Fsp3) is 0.444. The predicted molar refractivity (Wildman–Crippen MR) is 204 cm³/mol. The van der Waals surface area contributed by atoms with Crippen LogP contribution in [0.3, 0.4) is 0 Å². The highest BCUT2D eigenvalue weighted by molar-refractivity contribution is 7.00. The molecule has 0 amide bonds. The van der Waals surface area contributed by atoms with Crippen LogP contribution < -0.4 is 16.4 Å². The first-order valence-electron chi connectivity index (χ1n) is 19.1. The summed E-state index contributed by atoms with van der Waals surface area (Å²) in [6.07, 6.45) is 15.1. The van der Waals surface area contributed by atoms with Crippen LogP contribution in [0.5, 0.6) is 0 Å². The van der Waals surface area contributed by atoms with Crippen LogP contribution >= 0.6 is 0 Å². The second-order valence-corrected chi connectivity index (χ2v) is 17.7. The SMILES string of the molecule is C=CCC(CC)CCc1cc2c3c(c1)nc(C14CC5CC(CC(C5)C1)C4)n3-c1cccc3c1B2c1cccc2c(C(C)(C)C)ccc-3c12. The summed E-state index contributed by atoms with van der Waals surface area (Å²) in [4.78, 5) is 5.83. The molecule has 11 rings (SSSR count).